The number of benzene rings is 2. The van der Waals surface area contributed by atoms with Gasteiger partial charge in [-0.25, -0.2) is 9.78 Å². The smallest absolute Gasteiger partial charge is 0.319 e. The molecule has 3 aromatic rings. The molecule has 9 nitrogen and oxygen atoms in total. The zero-order valence-electron chi connectivity index (χ0n) is 17.6. The molecule has 0 bridgehead atoms. The third-order valence-corrected chi connectivity index (χ3v) is 6.01. The zero-order chi connectivity index (χ0) is 22.3. The molecule has 4 rings (SSSR count). The summed E-state index contributed by atoms with van der Waals surface area (Å²) in [5, 5.41) is 11.7. The Labute approximate surface area is 189 Å². The molecule has 0 aliphatic carbocycles. The third kappa shape index (κ3) is 5.72. The largest absolute Gasteiger partial charge is 0.379 e. The average molecular weight is 455 g/mol. The van der Waals surface area contributed by atoms with Crippen LogP contribution in [0.25, 0.3) is 10.8 Å². The maximum Gasteiger partial charge on any atom is 0.319 e. The van der Waals surface area contributed by atoms with Crippen molar-refractivity contribution < 1.29 is 14.3 Å². The van der Waals surface area contributed by atoms with Crippen molar-refractivity contribution in [3.63, 3.8) is 0 Å². The number of nitrogens with two attached hydrogens (primary N) is 1. The lowest BCUT2D eigenvalue weighted by Crippen LogP contribution is -2.38. The summed E-state index contributed by atoms with van der Waals surface area (Å²) in [4.78, 5) is 30.7. The molecule has 10 heteroatoms. The second-order valence-corrected chi connectivity index (χ2v) is 8.44. The molecule has 0 spiro atoms. The number of amides is 3. The van der Waals surface area contributed by atoms with Gasteiger partial charge in [0.1, 0.15) is 5.00 Å². The lowest BCUT2D eigenvalue weighted by molar-refractivity contribution is 0.0375. The molecule has 3 amide bonds. The maximum atomic E-state index is 12.3. The highest BCUT2D eigenvalue weighted by molar-refractivity contribution is 7.20. The summed E-state index contributed by atoms with van der Waals surface area (Å²) < 4.78 is 5.33. The molecule has 0 atom stereocenters. The minimum absolute atomic E-state index is 0.0294. The molecule has 1 fully saturated rings. The predicted octanol–water partition coefficient (Wildman–Crippen LogP) is 2.98. The Kier molecular flexibility index (Phi) is 7.15. The van der Waals surface area contributed by atoms with Crippen LogP contribution >= 0.6 is 11.3 Å². The number of primary amides is 1. The van der Waals surface area contributed by atoms with Gasteiger partial charge in [0, 0.05) is 25.3 Å². The number of ether oxygens (including phenoxy) is 1. The van der Waals surface area contributed by atoms with Gasteiger partial charge in [0.2, 0.25) is 0 Å². The number of aromatic nitrogens is 1. The van der Waals surface area contributed by atoms with E-state index in [1.54, 1.807) is 0 Å². The molecule has 1 aromatic heterocycles. The quantitative estimate of drug-likeness (QED) is 0.388. The summed E-state index contributed by atoms with van der Waals surface area (Å²) in [6, 6.07) is 13.6. The number of rotatable bonds is 8. The number of morpholine rings is 1. The van der Waals surface area contributed by atoms with Crippen LogP contribution in [0.2, 0.25) is 0 Å². The first-order chi connectivity index (χ1) is 15.6. The lowest BCUT2D eigenvalue weighted by Gasteiger charge is -2.26. The number of hydrogen-bond donors (Lipinski definition) is 4. The van der Waals surface area contributed by atoms with Gasteiger partial charge in [-0.15, -0.1) is 0 Å². The Morgan fingerprint density at radius 3 is 2.69 bits per heavy atom. The monoisotopic (exact) mass is 454 g/mol. The van der Waals surface area contributed by atoms with E-state index in [1.807, 2.05) is 42.5 Å². The average Bonchev–Trinajstić information content (AvgIpc) is 3.19. The normalized spacial score (nSPS) is 14.2. The van der Waals surface area contributed by atoms with Crippen molar-refractivity contribution in [2.75, 3.05) is 50.0 Å². The Morgan fingerprint density at radius 1 is 1.12 bits per heavy atom. The highest BCUT2D eigenvalue weighted by atomic mass is 32.1. The third-order valence-electron chi connectivity index (χ3n) is 5.13. The predicted molar refractivity (Wildman–Crippen MR) is 127 cm³/mol. The molecule has 2 heterocycles. The second-order valence-electron chi connectivity index (χ2n) is 7.44. The lowest BCUT2D eigenvalue weighted by atomic mass is 10.1. The molecular formula is C22H26N6O3S. The number of nitrogens with zero attached hydrogens (tertiary/aromatic N) is 2. The first kappa shape index (κ1) is 22.0. The van der Waals surface area contributed by atoms with Crippen LogP contribution in [-0.4, -0.2) is 61.2 Å². The van der Waals surface area contributed by atoms with Gasteiger partial charge in [-0.1, -0.05) is 41.7 Å². The number of anilines is 3. The Balaban J connectivity index is 1.34. The van der Waals surface area contributed by atoms with E-state index >= 15 is 0 Å². The fraction of sp³-hybridized carbons (Fsp3) is 0.318. The summed E-state index contributed by atoms with van der Waals surface area (Å²) in [7, 11) is 0. The van der Waals surface area contributed by atoms with Crippen LogP contribution in [0.1, 0.15) is 16.9 Å². The van der Waals surface area contributed by atoms with Gasteiger partial charge in [-0.3, -0.25) is 15.0 Å². The van der Waals surface area contributed by atoms with Crippen molar-refractivity contribution in [1.29, 1.82) is 0 Å². The van der Waals surface area contributed by atoms with Gasteiger partial charge in [0.05, 0.1) is 13.2 Å². The molecular weight excluding hydrogens is 428 g/mol. The second kappa shape index (κ2) is 10.4. The van der Waals surface area contributed by atoms with E-state index in [0.29, 0.717) is 16.7 Å². The maximum absolute atomic E-state index is 12.3. The molecule has 2 aromatic carbocycles. The first-order valence-electron chi connectivity index (χ1n) is 10.5. The zero-order valence-corrected chi connectivity index (χ0v) is 18.4. The van der Waals surface area contributed by atoms with Crippen LogP contribution in [0, 0.1) is 0 Å². The Hall–Kier alpha value is -3.21. The van der Waals surface area contributed by atoms with Crippen LogP contribution in [0.5, 0.6) is 0 Å². The molecule has 32 heavy (non-hydrogen) atoms. The standard InChI is InChI=1S/C22H26N6O3S/c23-19(29)18-20(27-21(30)24-8-3-9-28-10-12-31-13-11-28)32-22(26-18)25-17-7-6-15-4-1-2-5-16(15)14-17/h1-2,4-7,14H,3,8-13H2,(H2,23,29)(H,25,26)(H2,24,27,30). The van der Waals surface area contributed by atoms with Crippen LogP contribution in [0.15, 0.2) is 42.5 Å². The minimum atomic E-state index is -0.699. The van der Waals surface area contributed by atoms with Crippen molar-refractivity contribution in [3.8, 4) is 0 Å². The van der Waals surface area contributed by atoms with E-state index in [-0.39, 0.29) is 5.69 Å². The van der Waals surface area contributed by atoms with Crippen molar-refractivity contribution >= 4 is 49.9 Å². The van der Waals surface area contributed by atoms with E-state index in [0.717, 1.165) is 67.1 Å². The fourth-order valence-corrected chi connectivity index (χ4v) is 4.38. The fourth-order valence-electron chi connectivity index (χ4n) is 3.49. The summed E-state index contributed by atoms with van der Waals surface area (Å²) in [6.07, 6.45) is 0.827. The first-order valence-corrected chi connectivity index (χ1v) is 11.3. The molecule has 5 N–H and O–H groups in total. The Bertz CT molecular complexity index is 1100. The topological polar surface area (TPSA) is 122 Å². The van der Waals surface area contributed by atoms with Crippen molar-refractivity contribution in [1.82, 2.24) is 15.2 Å². The van der Waals surface area contributed by atoms with Crippen molar-refractivity contribution in [2.45, 2.75) is 6.42 Å². The highest BCUT2D eigenvalue weighted by Gasteiger charge is 2.18. The number of hydrogen-bond acceptors (Lipinski definition) is 7. The van der Waals surface area contributed by atoms with Crippen LogP contribution in [0.4, 0.5) is 20.6 Å². The van der Waals surface area contributed by atoms with Gasteiger partial charge in [-0.2, -0.15) is 0 Å². The van der Waals surface area contributed by atoms with E-state index in [9.17, 15) is 9.59 Å². The molecule has 1 aliphatic rings. The summed E-state index contributed by atoms with van der Waals surface area (Å²) in [5.74, 6) is -0.699. The van der Waals surface area contributed by atoms with E-state index in [4.69, 9.17) is 10.5 Å². The molecule has 0 radical (unpaired) electrons. The number of urea groups is 1. The van der Waals surface area contributed by atoms with Gasteiger partial charge >= 0.3 is 6.03 Å². The van der Waals surface area contributed by atoms with Gasteiger partial charge < -0.3 is 21.1 Å². The minimum Gasteiger partial charge on any atom is -0.379 e. The number of thiazole rings is 1. The van der Waals surface area contributed by atoms with Crippen molar-refractivity contribution in [2.24, 2.45) is 5.73 Å². The molecule has 168 valence electrons. The summed E-state index contributed by atoms with van der Waals surface area (Å²) in [5.41, 5.74) is 6.32. The Morgan fingerprint density at radius 2 is 1.91 bits per heavy atom. The number of carbonyl (C=O) groups is 2. The molecule has 0 saturated carbocycles. The molecule has 0 unspecified atom stereocenters. The number of carbonyl (C=O) groups excluding carboxylic acids is 2. The van der Waals surface area contributed by atoms with Crippen molar-refractivity contribution in [3.05, 3.63) is 48.2 Å². The molecule has 1 aliphatic heterocycles. The number of nitrogens with one attached hydrogen (secondary N) is 3. The van der Waals surface area contributed by atoms with Gasteiger partial charge in [0.25, 0.3) is 5.91 Å². The van der Waals surface area contributed by atoms with Crippen LogP contribution in [0.3, 0.4) is 0 Å². The SMILES string of the molecule is NC(=O)c1nc(Nc2ccc3ccccc3c2)sc1NC(=O)NCCCN1CCOCC1. The van der Waals surface area contributed by atoms with E-state index < -0.39 is 11.9 Å². The summed E-state index contributed by atoms with van der Waals surface area (Å²) in [6.45, 7) is 4.77. The van der Waals surface area contributed by atoms with Gasteiger partial charge in [-0.05, 0) is 35.9 Å². The van der Waals surface area contributed by atoms with Crippen LogP contribution < -0.4 is 21.7 Å². The van der Waals surface area contributed by atoms with E-state index in [2.05, 4.69) is 25.8 Å². The highest BCUT2D eigenvalue weighted by Crippen LogP contribution is 2.31. The molecule has 1 saturated heterocycles. The van der Waals surface area contributed by atoms with E-state index in [1.165, 1.54) is 0 Å². The number of fused-ring (bicyclic) bond motifs is 1. The summed E-state index contributed by atoms with van der Waals surface area (Å²) >= 11 is 1.16. The van der Waals surface area contributed by atoms with Gasteiger partial charge in [0.15, 0.2) is 10.8 Å². The van der Waals surface area contributed by atoms with Crippen LogP contribution in [-0.2, 0) is 4.74 Å².